The van der Waals surface area contributed by atoms with E-state index in [1.165, 1.54) is 0 Å². The highest BCUT2D eigenvalue weighted by Crippen LogP contribution is 2.30. The van der Waals surface area contributed by atoms with Crippen molar-refractivity contribution in [3.63, 3.8) is 0 Å². The number of hydrogen-bond donors (Lipinski definition) is 2. The lowest BCUT2D eigenvalue weighted by Gasteiger charge is -2.38. The number of hydrogen-bond acceptors (Lipinski definition) is 5. The molecule has 1 amide bonds. The number of carbonyl (C=O) groups excluding carboxylic acids is 1. The fraction of sp³-hybridized carbons (Fsp3) is 0.458. The topological polar surface area (TPSA) is 87.7 Å². The number of anilines is 3. The first kappa shape index (κ1) is 24.1. The predicted octanol–water partition coefficient (Wildman–Crippen LogP) is 4.32. The Balaban J connectivity index is 1.73. The first-order chi connectivity index (χ1) is 15.0. The molecule has 7 nitrogen and oxygen atoms in total. The van der Waals surface area contributed by atoms with E-state index in [-0.39, 0.29) is 18.1 Å². The summed E-state index contributed by atoms with van der Waals surface area (Å²) in [6.07, 6.45) is 0.344. The summed E-state index contributed by atoms with van der Waals surface area (Å²) < 4.78 is 32.4. The molecular weight excluding hydrogens is 426 g/mol. The van der Waals surface area contributed by atoms with E-state index < -0.39 is 15.3 Å². The second-order valence-electron chi connectivity index (χ2n) is 8.84. The van der Waals surface area contributed by atoms with Crippen molar-refractivity contribution < 1.29 is 17.9 Å². The number of carbonyl (C=O) groups is 1. The van der Waals surface area contributed by atoms with Gasteiger partial charge in [0.25, 0.3) is 5.91 Å². The summed E-state index contributed by atoms with van der Waals surface area (Å²) in [7, 11) is -3.43. The summed E-state index contributed by atoms with van der Waals surface area (Å²) in [6.45, 7) is 13.1. The zero-order valence-corrected chi connectivity index (χ0v) is 20.4. The summed E-state index contributed by atoms with van der Waals surface area (Å²) in [5.41, 5.74) is 4.87. The standard InChI is InChI=1S/C24H33N3O4S/c1-15(2)32(29,30)26-21-9-7-20(8-10-21)24(28)25-22-11-17(4)23(12-16(22)3)27-13-18(5)31-19(6)14-27/h7-12,15,18-19,26H,13-14H2,1-6H3,(H,25,28). The molecule has 2 N–H and O–H groups in total. The molecule has 2 atom stereocenters. The Bertz CT molecular complexity index is 1070. The number of rotatable bonds is 6. The minimum Gasteiger partial charge on any atom is -0.372 e. The van der Waals surface area contributed by atoms with Gasteiger partial charge in [0.1, 0.15) is 0 Å². The van der Waals surface area contributed by atoms with Crippen LogP contribution in [0.4, 0.5) is 17.1 Å². The average Bonchev–Trinajstić information content (AvgIpc) is 2.69. The molecule has 0 spiro atoms. The number of aryl methyl sites for hydroxylation is 2. The number of ether oxygens (including phenoxy) is 1. The first-order valence-electron chi connectivity index (χ1n) is 10.9. The summed E-state index contributed by atoms with van der Waals surface area (Å²) in [4.78, 5) is 15.1. The maximum atomic E-state index is 12.8. The van der Waals surface area contributed by atoms with Gasteiger partial charge in [-0.25, -0.2) is 8.42 Å². The van der Waals surface area contributed by atoms with Crippen molar-refractivity contribution in [1.82, 2.24) is 0 Å². The fourth-order valence-electron chi connectivity index (χ4n) is 3.82. The lowest BCUT2D eigenvalue weighted by atomic mass is 10.1. The van der Waals surface area contributed by atoms with Gasteiger partial charge < -0.3 is 15.0 Å². The molecule has 1 fully saturated rings. The van der Waals surface area contributed by atoms with Crippen LogP contribution in [-0.4, -0.2) is 44.9 Å². The molecule has 0 saturated carbocycles. The monoisotopic (exact) mass is 459 g/mol. The molecule has 1 aliphatic rings. The van der Waals surface area contributed by atoms with Crippen LogP contribution >= 0.6 is 0 Å². The van der Waals surface area contributed by atoms with Gasteiger partial charge in [-0.05, 0) is 89.1 Å². The lowest BCUT2D eigenvalue weighted by Crippen LogP contribution is -2.45. The van der Waals surface area contributed by atoms with Crippen molar-refractivity contribution in [2.75, 3.05) is 28.0 Å². The normalized spacial score (nSPS) is 19.2. The summed E-state index contributed by atoms with van der Waals surface area (Å²) >= 11 is 0. The highest BCUT2D eigenvalue weighted by atomic mass is 32.2. The lowest BCUT2D eigenvalue weighted by molar-refractivity contribution is -0.00525. The molecule has 8 heteroatoms. The quantitative estimate of drug-likeness (QED) is 0.672. The average molecular weight is 460 g/mol. The van der Waals surface area contributed by atoms with Crippen molar-refractivity contribution in [1.29, 1.82) is 0 Å². The van der Waals surface area contributed by atoms with Crippen LogP contribution < -0.4 is 14.9 Å². The van der Waals surface area contributed by atoms with E-state index >= 15 is 0 Å². The van der Waals surface area contributed by atoms with E-state index in [1.807, 2.05) is 19.9 Å². The summed E-state index contributed by atoms with van der Waals surface area (Å²) in [5.74, 6) is -0.243. The number of benzene rings is 2. The molecular formula is C24H33N3O4S. The third kappa shape index (κ3) is 5.61. The smallest absolute Gasteiger partial charge is 0.255 e. The number of nitrogens with one attached hydrogen (secondary N) is 2. The number of amides is 1. The van der Waals surface area contributed by atoms with Gasteiger partial charge in [-0.3, -0.25) is 9.52 Å². The Kier molecular flexibility index (Phi) is 7.15. The third-order valence-corrected chi connectivity index (χ3v) is 7.34. The van der Waals surface area contributed by atoms with Gasteiger partial charge in [-0.15, -0.1) is 0 Å². The Morgan fingerprint density at radius 3 is 2.19 bits per heavy atom. The summed E-state index contributed by atoms with van der Waals surface area (Å²) in [6, 6.07) is 10.5. The van der Waals surface area contributed by atoms with Gasteiger partial charge in [-0.2, -0.15) is 0 Å². The van der Waals surface area contributed by atoms with Crippen LogP contribution in [0.25, 0.3) is 0 Å². The largest absolute Gasteiger partial charge is 0.372 e. The van der Waals surface area contributed by atoms with Gasteiger partial charge >= 0.3 is 0 Å². The van der Waals surface area contributed by atoms with Gasteiger partial charge in [0, 0.05) is 35.7 Å². The molecule has 0 aromatic heterocycles. The van der Waals surface area contributed by atoms with E-state index in [0.717, 1.165) is 35.6 Å². The maximum absolute atomic E-state index is 12.8. The van der Waals surface area contributed by atoms with E-state index in [1.54, 1.807) is 38.1 Å². The van der Waals surface area contributed by atoms with Gasteiger partial charge in [0.15, 0.2) is 0 Å². The highest BCUT2D eigenvalue weighted by Gasteiger charge is 2.24. The predicted molar refractivity (Wildman–Crippen MR) is 130 cm³/mol. The van der Waals surface area contributed by atoms with E-state index in [9.17, 15) is 13.2 Å². The molecule has 2 aromatic rings. The molecule has 3 rings (SSSR count). The van der Waals surface area contributed by atoms with Gasteiger partial charge in [0.05, 0.1) is 17.5 Å². The molecule has 32 heavy (non-hydrogen) atoms. The van der Waals surface area contributed by atoms with E-state index in [0.29, 0.717) is 11.3 Å². The Morgan fingerprint density at radius 1 is 1.03 bits per heavy atom. The molecule has 0 bridgehead atoms. The molecule has 2 aromatic carbocycles. The number of sulfonamides is 1. The number of nitrogens with zero attached hydrogens (tertiary/aromatic N) is 1. The first-order valence-corrected chi connectivity index (χ1v) is 12.5. The van der Waals surface area contributed by atoms with Crippen molar-refractivity contribution in [3.05, 3.63) is 53.1 Å². The number of morpholine rings is 1. The van der Waals surface area contributed by atoms with Crippen molar-refractivity contribution in [2.45, 2.75) is 59.0 Å². The molecule has 2 unspecified atom stereocenters. The van der Waals surface area contributed by atoms with Gasteiger partial charge in [0.2, 0.25) is 10.0 Å². The minimum atomic E-state index is -3.43. The van der Waals surface area contributed by atoms with Crippen molar-refractivity contribution >= 4 is 33.0 Å². The second kappa shape index (κ2) is 9.50. The van der Waals surface area contributed by atoms with Crippen LogP contribution in [0.2, 0.25) is 0 Å². The molecule has 174 valence electrons. The molecule has 1 heterocycles. The zero-order valence-electron chi connectivity index (χ0n) is 19.6. The second-order valence-corrected chi connectivity index (χ2v) is 11.1. The van der Waals surface area contributed by atoms with Crippen LogP contribution in [-0.2, 0) is 14.8 Å². The van der Waals surface area contributed by atoms with Crippen LogP contribution in [0.1, 0.15) is 49.2 Å². The highest BCUT2D eigenvalue weighted by molar-refractivity contribution is 7.93. The summed E-state index contributed by atoms with van der Waals surface area (Å²) in [5, 5.41) is 2.44. The SMILES string of the molecule is Cc1cc(N2CC(C)OC(C)C2)c(C)cc1NC(=O)c1ccc(NS(=O)(=O)C(C)C)cc1. The fourth-order valence-corrected chi connectivity index (χ4v) is 4.52. The third-order valence-electron chi connectivity index (χ3n) is 5.58. The van der Waals surface area contributed by atoms with Gasteiger partial charge in [-0.1, -0.05) is 0 Å². The van der Waals surface area contributed by atoms with Crippen molar-refractivity contribution in [3.8, 4) is 0 Å². The van der Waals surface area contributed by atoms with Crippen molar-refractivity contribution in [2.24, 2.45) is 0 Å². The zero-order chi connectivity index (χ0) is 23.6. The van der Waals surface area contributed by atoms with E-state index in [4.69, 9.17) is 4.74 Å². The molecule has 0 radical (unpaired) electrons. The Labute approximate surface area is 191 Å². The Morgan fingerprint density at radius 2 is 1.62 bits per heavy atom. The van der Waals surface area contributed by atoms with Crippen LogP contribution in [0, 0.1) is 13.8 Å². The van der Waals surface area contributed by atoms with Crippen LogP contribution in [0.3, 0.4) is 0 Å². The molecule has 0 aliphatic carbocycles. The minimum absolute atomic E-state index is 0.172. The molecule has 1 aliphatic heterocycles. The molecule has 1 saturated heterocycles. The van der Waals surface area contributed by atoms with E-state index in [2.05, 4.69) is 34.9 Å². The Hall–Kier alpha value is -2.58. The van der Waals surface area contributed by atoms with Crippen LogP contribution in [0.5, 0.6) is 0 Å². The maximum Gasteiger partial charge on any atom is 0.255 e. The van der Waals surface area contributed by atoms with Crippen LogP contribution in [0.15, 0.2) is 36.4 Å².